The summed E-state index contributed by atoms with van der Waals surface area (Å²) in [6, 6.07) is 4.12. The van der Waals surface area contributed by atoms with Gasteiger partial charge < -0.3 is 5.11 Å². The summed E-state index contributed by atoms with van der Waals surface area (Å²) in [5.74, 6) is 0. The maximum Gasteiger partial charge on any atom is 0.0696 e. The zero-order chi connectivity index (χ0) is 9.42. The smallest absolute Gasteiger partial charge is 0.0696 e. The van der Waals surface area contributed by atoms with Crippen LogP contribution < -0.4 is 0 Å². The van der Waals surface area contributed by atoms with Crippen LogP contribution in [0, 0.1) is 3.57 Å². The summed E-state index contributed by atoms with van der Waals surface area (Å²) >= 11 is 8.25. The van der Waals surface area contributed by atoms with E-state index < -0.39 is 0 Å². The molecule has 0 aliphatic carbocycles. The van der Waals surface area contributed by atoms with Crippen molar-refractivity contribution in [3.8, 4) is 0 Å². The highest BCUT2D eigenvalue weighted by molar-refractivity contribution is 14.1. The number of thiophene rings is 1. The molecule has 0 saturated heterocycles. The van der Waals surface area contributed by atoms with Gasteiger partial charge in [-0.3, -0.25) is 0 Å². The summed E-state index contributed by atoms with van der Waals surface area (Å²) in [5, 5.41) is 12.2. The fraction of sp³-hybridized carbons (Fsp3) is 0.111. The fourth-order valence-corrected chi connectivity index (χ4v) is 2.93. The minimum atomic E-state index is 0.113. The van der Waals surface area contributed by atoms with Gasteiger partial charge in [0.05, 0.1) is 6.61 Å². The molecule has 2 aromatic rings. The van der Waals surface area contributed by atoms with E-state index in [1.165, 1.54) is 4.70 Å². The van der Waals surface area contributed by atoms with Crippen molar-refractivity contribution in [3.05, 3.63) is 26.6 Å². The number of fused-ring (bicyclic) bond motifs is 1. The normalized spacial score (nSPS) is 11.0. The number of aliphatic hydroxyl groups is 1. The van der Waals surface area contributed by atoms with Gasteiger partial charge in [-0.25, -0.2) is 0 Å². The molecule has 0 radical (unpaired) electrons. The molecule has 4 heteroatoms. The van der Waals surface area contributed by atoms with E-state index in [9.17, 15) is 0 Å². The summed E-state index contributed by atoms with van der Waals surface area (Å²) in [6.07, 6.45) is 0. The van der Waals surface area contributed by atoms with Gasteiger partial charge in [0.15, 0.2) is 0 Å². The topological polar surface area (TPSA) is 20.2 Å². The van der Waals surface area contributed by atoms with Crippen molar-refractivity contribution in [2.75, 3.05) is 0 Å². The van der Waals surface area contributed by atoms with Crippen molar-refractivity contribution in [2.24, 2.45) is 0 Å². The van der Waals surface area contributed by atoms with E-state index in [0.717, 1.165) is 19.4 Å². The summed E-state index contributed by atoms with van der Waals surface area (Å²) in [5.41, 5.74) is 1.01. The molecule has 0 atom stereocenters. The molecule has 0 spiro atoms. The number of hydrogen-bond donors (Lipinski definition) is 2. The number of halogens is 1. The average Bonchev–Trinajstić information content (AvgIpc) is 2.48. The molecule has 1 heterocycles. The number of aliphatic hydroxyl groups excluding tert-OH is 1. The second kappa shape index (κ2) is 3.76. The van der Waals surface area contributed by atoms with Crippen LogP contribution in [0.5, 0.6) is 0 Å². The Morgan fingerprint density at radius 1 is 1.46 bits per heavy atom. The van der Waals surface area contributed by atoms with E-state index in [1.54, 1.807) is 11.3 Å². The standard InChI is InChI=1S/C9H7IOS2/c10-7-1-6-5(3-11)4-13-9(6)2-8(7)12/h1-2,4,11-12H,3H2. The first-order chi connectivity index (χ1) is 6.22. The molecule has 0 unspecified atom stereocenters. The molecular weight excluding hydrogens is 315 g/mol. The number of thiol groups is 1. The van der Waals surface area contributed by atoms with Gasteiger partial charge in [-0.15, -0.1) is 24.0 Å². The Morgan fingerprint density at radius 3 is 2.92 bits per heavy atom. The van der Waals surface area contributed by atoms with E-state index in [4.69, 9.17) is 5.11 Å². The maximum absolute atomic E-state index is 9.07. The number of benzene rings is 1. The monoisotopic (exact) mass is 322 g/mol. The van der Waals surface area contributed by atoms with Crippen molar-refractivity contribution in [3.63, 3.8) is 0 Å². The van der Waals surface area contributed by atoms with Crippen LogP contribution >= 0.6 is 46.6 Å². The van der Waals surface area contributed by atoms with E-state index in [-0.39, 0.29) is 6.61 Å². The lowest BCUT2D eigenvalue weighted by Gasteiger charge is -1.98. The molecule has 13 heavy (non-hydrogen) atoms. The Bertz CT molecular complexity index is 450. The molecule has 2 rings (SSSR count). The van der Waals surface area contributed by atoms with Gasteiger partial charge in [-0.05, 0) is 51.1 Å². The third-order valence-corrected chi connectivity index (χ3v) is 4.58. The lowest BCUT2D eigenvalue weighted by Crippen LogP contribution is -1.80. The van der Waals surface area contributed by atoms with Gasteiger partial charge >= 0.3 is 0 Å². The number of rotatable bonds is 1. The molecule has 0 aliphatic rings. The Kier molecular flexibility index (Phi) is 2.83. The Morgan fingerprint density at radius 2 is 2.23 bits per heavy atom. The van der Waals surface area contributed by atoms with Crippen LogP contribution in [0.2, 0.25) is 0 Å². The molecule has 68 valence electrons. The van der Waals surface area contributed by atoms with Crippen LogP contribution in [0.15, 0.2) is 22.4 Å². The highest BCUT2D eigenvalue weighted by Crippen LogP contribution is 2.31. The van der Waals surface area contributed by atoms with Crippen LogP contribution in [0.1, 0.15) is 5.56 Å². The molecular formula is C9H7IOS2. The molecule has 1 nitrogen and oxygen atoms in total. The van der Waals surface area contributed by atoms with Gasteiger partial charge in [-0.1, -0.05) is 0 Å². The van der Waals surface area contributed by atoms with Crippen LogP contribution in [0.3, 0.4) is 0 Å². The zero-order valence-electron chi connectivity index (χ0n) is 6.62. The first-order valence-electron chi connectivity index (χ1n) is 3.72. The van der Waals surface area contributed by atoms with Crippen molar-refractivity contribution in [1.82, 2.24) is 0 Å². The van der Waals surface area contributed by atoms with Crippen LogP contribution in [0.25, 0.3) is 10.1 Å². The third-order valence-electron chi connectivity index (χ3n) is 1.89. The minimum Gasteiger partial charge on any atom is -0.392 e. The van der Waals surface area contributed by atoms with Gasteiger partial charge in [0.2, 0.25) is 0 Å². The van der Waals surface area contributed by atoms with Crippen molar-refractivity contribution in [1.29, 1.82) is 0 Å². The molecule has 1 aromatic heterocycles. The van der Waals surface area contributed by atoms with Crippen LogP contribution in [0.4, 0.5) is 0 Å². The molecule has 1 N–H and O–H groups in total. The number of hydrogen-bond acceptors (Lipinski definition) is 3. The zero-order valence-corrected chi connectivity index (χ0v) is 10.5. The van der Waals surface area contributed by atoms with Crippen LogP contribution in [-0.4, -0.2) is 5.11 Å². The predicted octanol–water partition coefficient (Wildman–Crippen LogP) is 3.29. The summed E-state index contributed by atoms with van der Waals surface area (Å²) in [6.45, 7) is 0.113. The van der Waals surface area contributed by atoms with E-state index >= 15 is 0 Å². The summed E-state index contributed by atoms with van der Waals surface area (Å²) in [4.78, 5) is 0.999. The molecule has 0 saturated carbocycles. The summed E-state index contributed by atoms with van der Waals surface area (Å²) < 4.78 is 2.32. The predicted molar refractivity (Wildman–Crippen MR) is 67.7 cm³/mol. The Labute approximate surface area is 99.3 Å². The van der Waals surface area contributed by atoms with Crippen molar-refractivity contribution >= 4 is 56.6 Å². The first-order valence-corrected chi connectivity index (χ1v) is 6.12. The Balaban J connectivity index is 2.77. The maximum atomic E-state index is 9.07. The molecule has 0 amide bonds. The molecule has 1 aromatic carbocycles. The quantitative estimate of drug-likeness (QED) is 0.610. The average molecular weight is 322 g/mol. The third kappa shape index (κ3) is 1.72. The van der Waals surface area contributed by atoms with Crippen molar-refractivity contribution in [2.45, 2.75) is 11.5 Å². The highest BCUT2D eigenvalue weighted by Gasteiger charge is 2.05. The van der Waals surface area contributed by atoms with E-state index in [2.05, 4.69) is 41.3 Å². The second-order valence-electron chi connectivity index (χ2n) is 2.72. The van der Waals surface area contributed by atoms with E-state index in [0.29, 0.717) is 0 Å². The molecule has 0 fully saturated rings. The molecule has 0 aliphatic heterocycles. The highest BCUT2D eigenvalue weighted by atomic mass is 127. The van der Waals surface area contributed by atoms with E-state index in [1.807, 2.05) is 11.4 Å². The second-order valence-corrected chi connectivity index (χ2v) is 5.27. The minimum absolute atomic E-state index is 0.113. The fourth-order valence-electron chi connectivity index (χ4n) is 1.21. The van der Waals surface area contributed by atoms with Gasteiger partial charge in [0.25, 0.3) is 0 Å². The Hall–Kier alpha value is 0.220. The lowest BCUT2D eigenvalue weighted by molar-refractivity contribution is 0.284. The summed E-state index contributed by atoms with van der Waals surface area (Å²) in [7, 11) is 0. The van der Waals surface area contributed by atoms with Crippen molar-refractivity contribution < 1.29 is 5.11 Å². The lowest BCUT2D eigenvalue weighted by atomic mass is 10.2. The molecule has 0 bridgehead atoms. The SMILES string of the molecule is OCc1csc2cc(S)c(I)cc12. The first kappa shape index (κ1) is 9.76. The van der Waals surface area contributed by atoms with Gasteiger partial charge in [-0.2, -0.15) is 0 Å². The van der Waals surface area contributed by atoms with Gasteiger partial charge in [0.1, 0.15) is 0 Å². The van der Waals surface area contributed by atoms with Crippen LogP contribution in [-0.2, 0) is 6.61 Å². The largest absolute Gasteiger partial charge is 0.392 e. The van der Waals surface area contributed by atoms with Gasteiger partial charge in [0, 0.05) is 13.2 Å².